The maximum Gasteiger partial charge on any atom is 0.153 e. The number of nitrogens with zero attached hydrogens (tertiary/aromatic N) is 4. The lowest BCUT2D eigenvalue weighted by molar-refractivity contribution is 0.112. The van der Waals surface area contributed by atoms with Gasteiger partial charge in [0.2, 0.25) is 0 Å². The van der Waals surface area contributed by atoms with Crippen molar-refractivity contribution in [2.24, 2.45) is 7.05 Å². The van der Waals surface area contributed by atoms with Crippen molar-refractivity contribution in [1.82, 2.24) is 19.6 Å². The first-order valence-corrected chi connectivity index (χ1v) is 5.08. The number of aryl methyl sites for hydroxylation is 2. The van der Waals surface area contributed by atoms with Gasteiger partial charge in [-0.05, 0) is 13.8 Å². The molecule has 0 aromatic carbocycles. The van der Waals surface area contributed by atoms with Crippen molar-refractivity contribution in [3.63, 3.8) is 0 Å². The zero-order chi connectivity index (χ0) is 11.7. The highest BCUT2D eigenvalue weighted by molar-refractivity contribution is 5.78. The summed E-state index contributed by atoms with van der Waals surface area (Å²) in [5, 5.41) is 8.43. The van der Waals surface area contributed by atoms with Crippen LogP contribution in [0.25, 0.3) is 0 Å². The molecule has 0 spiro atoms. The minimum Gasteiger partial charge on any atom is -0.298 e. The summed E-state index contributed by atoms with van der Waals surface area (Å²) < 4.78 is 3.58. The molecule has 0 N–H and O–H groups in total. The average molecular weight is 218 g/mol. The molecule has 84 valence electrons. The molecule has 2 rings (SSSR count). The number of carbonyl (C=O) groups is 1. The quantitative estimate of drug-likeness (QED) is 0.725. The van der Waals surface area contributed by atoms with Gasteiger partial charge in [-0.25, -0.2) is 0 Å². The van der Waals surface area contributed by atoms with Crippen LogP contribution in [0.4, 0.5) is 0 Å². The fraction of sp³-hybridized carbons (Fsp3) is 0.364. The zero-order valence-electron chi connectivity index (χ0n) is 9.64. The number of aromatic nitrogens is 4. The third kappa shape index (κ3) is 1.76. The van der Waals surface area contributed by atoms with Crippen LogP contribution in [0.5, 0.6) is 0 Å². The molecule has 2 aromatic heterocycles. The molecule has 0 aliphatic heterocycles. The van der Waals surface area contributed by atoms with Crippen LogP contribution in [0, 0.1) is 13.8 Å². The topological polar surface area (TPSA) is 52.7 Å². The van der Waals surface area contributed by atoms with Gasteiger partial charge < -0.3 is 0 Å². The number of rotatable bonds is 3. The van der Waals surface area contributed by atoms with E-state index >= 15 is 0 Å². The number of carbonyl (C=O) groups excluding carboxylic acids is 1. The van der Waals surface area contributed by atoms with Crippen molar-refractivity contribution in [2.75, 3.05) is 0 Å². The molecule has 2 aromatic rings. The van der Waals surface area contributed by atoms with E-state index in [0.717, 1.165) is 23.2 Å². The van der Waals surface area contributed by atoms with Gasteiger partial charge in [0, 0.05) is 24.5 Å². The molecule has 0 saturated carbocycles. The van der Waals surface area contributed by atoms with Gasteiger partial charge in [-0.2, -0.15) is 10.2 Å². The maximum atomic E-state index is 10.8. The zero-order valence-corrected chi connectivity index (χ0v) is 9.64. The fourth-order valence-electron chi connectivity index (χ4n) is 1.76. The Morgan fingerprint density at radius 2 is 2.19 bits per heavy atom. The summed E-state index contributed by atoms with van der Waals surface area (Å²) in [4.78, 5) is 10.8. The van der Waals surface area contributed by atoms with Gasteiger partial charge in [-0.15, -0.1) is 0 Å². The van der Waals surface area contributed by atoms with Gasteiger partial charge in [0.25, 0.3) is 0 Å². The minimum absolute atomic E-state index is 0.647. The molecule has 0 saturated heterocycles. The molecule has 0 unspecified atom stereocenters. The Morgan fingerprint density at radius 1 is 1.44 bits per heavy atom. The molecule has 0 aliphatic rings. The molecule has 0 radical (unpaired) electrons. The van der Waals surface area contributed by atoms with E-state index in [9.17, 15) is 4.79 Å². The highest BCUT2D eigenvalue weighted by Crippen LogP contribution is 2.12. The highest BCUT2D eigenvalue weighted by Gasteiger charge is 2.10. The van der Waals surface area contributed by atoms with Gasteiger partial charge in [0.15, 0.2) is 6.29 Å². The van der Waals surface area contributed by atoms with E-state index in [-0.39, 0.29) is 0 Å². The van der Waals surface area contributed by atoms with E-state index in [4.69, 9.17) is 0 Å². The summed E-state index contributed by atoms with van der Waals surface area (Å²) in [6.07, 6.45) is 4.60. The van der Waals surface area contributed by atoms with Crippen LogP contribution in [-0.4, -0.2) is 25.8 Å². The number of hydrogen-bond acceptors (Lipinski definition) is 3. The predicted octanol–water partition coefficient (Wildman–Crippen LogP) is 1.09. The molecule has 0 aliphatic carbocycles. The molecule has 5 heteroatoms. The average Bonchev–Trinajstić information content (AvgIpc) is 2.74. The molecule has 2 heterocycles. The summed E-state index contributed by atoms with van der Waals surface area (Å²) in [6.45, 7) is 4.39. The highest BCUT2D eigenvalue weighted by atomic mass is 16.1. The smallest absolute Gasteiger partial charge is 0.153 e. The van der Waals surface area contributed by atoms with Gasteiger partial charge >= 0.3 is 0 Å². The summed E-state index contributed by atoms with van der Waals surface area (Å²) in [6, 6.07) is 0. The molecule has 16 heavy (non-hydrogen) atoms. The molecule has 0 fully saturated rings. The number of aldehydes is 1. The van der Waals surface area contributed by atoms with E-state index in [0.29, 0.717) is 12.1 Å². The normalized spacial score (nSPS) is 10.7. The van der Waals surface area contributed by atoms with Crippen molar-refractivity contribution < 1.29 is 4.79 Å². The number of hydrogen-bond donors (Lipinski definition) is 0. The first-order valence-electron chi connectivity index (χ1n) is 5.08. The van der Waals surface area contributed by atoms with Crippen LogP contribution < -0.4 is 0 Å². The fourth-order valence-corrected chi connectivity index (χ4v) is 1.76. The van der Waals surface area contributed by atoms with Crippen molar-refractivity contribution in [1.29, 1.82) is 0 Å². The van der Waals surface area contributed by atoms with Crippen molar-refractivity contribution >= 4 is 6.29 Å². The Labute approximate surface area is 93.7 Å². The maximum absolute atomic E-state index is 10.8. The van der Waals surface area contributed by atoms with Gasteiger partial charge in [-0.1, -0.05) is 0 Å². The lowest BCUT2D eigenvalue weighted by Gasteiger charge is -2.01. The van der Waals surface area contributed by atoms with E-state index < -0.39 is 0 Å². The Hall–Kier alpha value is -1.91. The first-order chi connectivity index (χ1) is 7.61. The molecule has 0 bridgehead atoms. The van der Waals surface area contributed by atoms with E-state index in [1.165, 1.54) is 0 Å². The van der Waals surface area contributed by atoms with E-state index in [1.807, 2.05) is 31.8 Å². The molecular weight excluding hydrogens is 204 g/mol. The van der Waals surface area contributed by atoms with E-state index in [1.54, 1.807) is 10.9 Å². The summed E-state index contributed by atoms with van der Waals surface area (Å²) in [5.41, 5.74) is 3.43. The third-order valence-electron chi connectivity index (χ3n) is 2.65. The van der Waals surface area contributed by atoms with Crippen LogP contribution in [0.15, 0.2) is 12.4 Å². The Kier molecular flexibility index (Phi) is 2.60. The summed E-state index contributed by atoms with van der Waals surface area (Å²) in [7, 11) is 1.88. The van der Waals surface area contributed by atoms with Crippen molar-refractivity contribution in [3.05, 3.63) is 34.9 Å². The summed E-state index contributed by atoms with van der Waals surface area (Å²) >= 11 is 0. The van der Waals surface area contributed by atoms with E-state index in [2.05, 4.69) is 10.2 Å². The Bertz CT molecular complexity index is 524. The SMILES string of the molecule is Cc1nn(Cc2cnn(C)c2)c(C)c1C=O. The molecule has 5 nitrogen and oxygen atoms in total. The second-order valence-corrected chi connectivity index (χ2v) is 3.88. The lowest BCUT2D eigenvalue weighted by atomic mass is 10.2. The van der Waals surface area contributed by atoms with Crippen molar-refractivity contribution in [3.8, 4) is 0 Å². The van der Waals surface area contributed by atoms with Crippen LogP contribution in [0.2, 0.25) is 0 Å². The Morgan fingerprint density at radius 3 is 2.69 bits per heavy atom. The third-order valence-corrected chi connectivity index (χ3v) is 2.65. The minimum atomic E-state index is 0.647. The molecular formula is C11H14N4O. The molecule has 0 amide bonds. The monoisotopic (exact) mass is 218 g/mol. The second-order valence-electron chi connectivity index (χ2n) is 3.88. The lowest BCUT2D eigenvalue weighted by Crippen LogP contribution is -2.03. The van der Waals surface area contributed by atoms with Crippen LogP contribution >= 0.6 is 0 Å². The van der Waals surface area contributed by atoms with Crippen molar-refractivity contribution in [2.45, 2.75) is 20.4 Å². The summed E-state index contributed by atoms with van der Waals surface area (Å²) in [5.74, 6) is 0. The predicted molar refractivity (Wildman–Crippen MR) is 59.4 cm³/mol. The van der Waals surface area contributed by atoms with Crippen LogP contribution in [0.3, 0.4) is 0 Å². The molecule has 0 atom stereocenters. The second kappa shape index (κ2) is 3.92. The van der Waals surface area contributed by atoms with Gasteiger partial charge in [0.1, 0.15) is 0 Å². The van der Waals surface area contributed by atoms with Crippen LogP contribution in [0.1, 0.15) is 27.3 Å². The Balaban J connectivity index is 2.31. The van der Waals surface area contributed by atoms with Crippen LogP contribution in [-0.2, 0) is 13.6 Å². The first kappa shape index (κ1) is 10.6. The van der Waals surface area contributed by atoms with Gasteiger partial charge in [-0.3, -0.25) is 14.2 Å². The van der Waals surface area contributed by atoms with Gasteiger partial charge in [0.05, 0.1) is 24.0 Å². The standard InChI is InChI=1S/C11H14N4O/c1-8-11(7-16)9(2)15(13-8)6-10-4-12-14(3)5-10/h4-5,7H,6H2,1-3H3. The largest absolute Gasteiger partial charge is 0.298 e.